The SMILES string of the molecule is C[C@H]1Cc2ccccc2N1C(=O)COC(=O)c1ccc(-c2nc3ccccc3s2)s1. The smallest absolute Gasteiger partial charge is 0.348 e. The van der Waals surface area contributed by atoms with Crippen LogP contribution in [0.3, 0.4) is 0 Å². The lowest BCUT2D eigenvalue weighted by molar-refractivity contribution is -0.122. The molecule has 30 heavy (non-hydrogen) atoms. The van der Waals surface area contributed by atoms with Crippen LogP contribution < -0.4 is 4.90 Å². The first-order chi connectivity index (χ1) is 14.6. The van der Waals surface area contributed by atoms with Crippen molar-refractivity contribution in [2.24, 2.45) is 0 Å². The third-order valence-corrected chi connectivity index (χ3v) is 7.39. The van der Waals surface area contributed by atoms with E-state index in [1.807, 2.05) is 61.5 Å². The van der Waals surface area contributed by atoms with Crippen LogP contribution in [0.4, 0.5) is 5.69 Å². The van der Waals surface area contributed by atoms with Gasteiger partial charge in [0.15, 0.2) is 6.61 Å². The van der Waals surface area contributed by atoms with Gasteiger partial charge in [-0.2, -0.15) is 0 Å². The predicted octanol–water partition coefficient (Wildman–Crippen LogP) is 5.16. The highest BCUT2D eigenvalue weighted by Crippen LogP contribution is 2.35. The Hall–Kier alpha value is -3.03. The van der Waals surface area contributed by atoms with E-state index in [4.69, 9.17) is 4.74 Å². The number of hydrogen-bond donors (Lipinski definition) is 0. The van der Waals surface area contributed by atoms with Crippen molar-refractivity contribution in [3.63, 3.8) is 0 Å². The quantitative estimate of drug-likeness (QED) is 0.416. The second-order valence-electron chi connectivity index (χ2n) is 7.17. The van der Waals surface area contributed by atoms with Gasteiger partial charge in [0, 0.05) is 11.7 Å². The number of carbonyl (C=O) groups excluding carboxylic acids is 2. The molecule has 1 atom stereocenters. The zero-order valence-electron chi connectivity index (χ0n) is 16.2. The van der Waals surface area contributed by atoms with E-state index in [-0.39, 0.29) is 18.6 Å². The lowest BCUT2D eigenvalue weighted by Crippen LogP contribution is -2.38. The number of fused-ring (bicyclic) bond motifs is 2. The zero-order valence-corrected chi connectivity index (χ0v) is 17.8. The van der Waals surface area contributed by atoms with Crippen LogP contribution in [-0.4, -0.2) is 29.5 Å². The van der Waals surface area contributed by atoms with Crippen LogP contribution in [-0.2, 0) is 16.0 Å². The van der Waals surface area contributed by atoms with Gasteiger partial charge in [-0.15, -0.1) is 22.7 Å². The number of carbonyl (C=O) groups is 2. The van der Waals surface area contributed by atoms with Gasteiger partial charge in [0.2, 0.25) is 0 Å². The van der Waals surface area contributed by atoms with E-state index >= 15 is 0 Å². The lowest BCUT2D eigenvalue weighted by atomic mass is 10.1. The molecule has 1 aliphatic rings. The van der Waals surface area contributed by atoms with E-state index in [0.29, 0.717) is 4.88 Å². The Balaban J connectivity index is 1.27. The van der Waals surface area contributed by atoms with Crippen molar-refractivity contribution < 1.29 is 14.3 Å². The Labute approximate surface area is 181 Å². The summed E-state index contributed by atoms with van der Waals surface area (Å²) in [4.78, 5) is 33.0. The minimum Gasteiger partial charge on any atom is -0.451 e. The highest BCUT2D eigenvalue weighted by molar-refractivity contribution is 7.26. The van der Waals surface area contributed by atoms with Crippen LogP contribution >= 0.6 is 22.7 Å². The van der Waals surface area contributed by atoms with Gasteiger partial charge >= 0.3 is 5.97 Å². The molecule has 2 aromatic carbocycles. The highest BCUT2D eigenvalue weighted by Gasteiger charge is 2.31. The number of rotatable bonds is 4. The molecule has 0 bridgehead atoms. The molecule has 0 saturated carbocycles. The lowest BCUT2D eigenvalue weighted by Gasteiger charge is -2.22. The third-order valence-electron chi connectivity index (χ3n) is 5.11. The van der Waals surface area contributed by atoms with Crippen molar-refractivity contribution in [3.05, 3.63) is 71.1 Å². The summed E-state index contributed by atoms with van der Waals surface area (Å²) in [5, 5.41) is 0.874. The van der Waals surface area contributed by atoms with E-state index < -0.39 is 5.97 Å². The number of ether oxygens (including phenoxy) is 1. The van der Waals surface area contributed by atoms with Crippen LogP contribution in [0.15, 0.2) is 60.7 Å². The standard InChI is InChI=1S/C23H18N2O3S2/c1-14-12-15-6-2-4-8-17(15)25(14)21(26)13-28-23(27)20-11-10-19(29-20)22-24-16-7-3-5-9-18(16)30-22/h2-11,14H,12-13H2,1H3/t14-/m0/s1. The first-order valence-electron chi connectivity index (χ1n) is 9.63. The number of hydrogen-bond acceptors (Lipinski definition) is 6. The first-order valence-corrected chi connectivity index (χ1v) is 11.3. The molecule has 4 aromatic rings. The van der Waals surface area contributed by atoms with Gasteiger partial charge in [-0.25, -0.2) is 9.78 Å². The monoisotopic (exact) mass is 434 g/mol. The van der Waals surface area contributed by atoms with Crippen molar-refractivity contribution in [2.75, 3.05) is 11.5 Å². The number of benzene rings is 2. The molecule has 0 unspecified atom stereocenters. The molecule has 1 amide bonds. The van der Waals surface area contributed by atoms with E-state index in [9.17, 15) is 9.59 Å². The fraction of sp³-hybridized carbons (Fsp3) is 0.174. The molecule has 3 heterocycles. The number of esters is 1. The summed E-state index contributed by atoms with van der Waals surface area (Å²) >= 11 is 2.92. The zero-order chi connectivity index (χ0) is 20.7. The normalized spacial score (nSPS) is 15.4. The number of amides is 1. The molecule has 5 nitrogen and oxygen atoms in total. The van der Waals surface area contributed by atoms with Crippen LogP contribution in [0, 0.1) is 0 Å². The Kier molecular flexibility index (Phi) is 4.84. The van der Waals surface area contributed by atoms with Gasteiger partial charge in [-0.05, 0) is 49.2 Å². The second kappa shape index (κ2) is 7.66. The van der Waals surface area contributed by atoms with Gasteiger partial charge in [-0.1, -0.05) is 30.3 Å². The summed E-state index contributed by atoms with van der Waals surface area (Å²) in [6.45, 7) is 1.73. The fourth-order valence-corrected chi connectivity index (χ4v) is 5.67. The molecule has 0 aliphatic carbocycles. The van der Waals surface area contributed by atoms with Crippen molar-refractivity contribution >= 4 is 50.5 Å². The maximum absolute atomic E-state index is 12.7. The fourth-order valence-electron chi connectivity index (χ4n) is 3.75. The molecule has 0 fully saturated rings. The maximum atomic E-state index is 12.7. The summed E-state index contributed by atoms with van der Waals surface area (Å²) in [7, 11) is 0. The Bertz CT molecular complexity index is 1230. The van der Waals surface area contributed by atoms with Crippen LogP contribution in [0.2, 0.25) is 0 Å². The first kappa shape index (κ1) is 19.0. The van der Waals surface area contributed by atoms with Crippen LogP contribution in [0.1, 0.15) is 22.2 Å². The Morgan fingerprint density at radius 1 is 1.07 bits per heavy atom. The van der Waals surface area contributed by atoms with Crippen LogP contribution in [0.5, 0.6) is 0 Å². The molecular formula is C23H18N2O3S2. The third kappa shape index (κ3) is 3.40. The summed E-state index contributed by atoms with van der Waals surface area (Å²) in [5.74, 6) is -0.690. The number of thiophene rings is 1. The van der Waals surface area contributed by atoms with Crippen LogP contribution in [0.25, 0.3) is 20.1 Å². The number of thiazole rings is 1. The number of anilines is 1. The van der Waals surface area contributed by atoms with Gasteiger partial charge < -0.3 is 9.64 Å². The summed E-state index contributed by atoms with van der Waals surface area (Å²) in [6.07, 6.45) is 0.812. The predicted molar refractivity (Wildman–Crippen MR) is 120 cm³/mol. The Morgan fingerprint density at radius 2 is 1.87 bits per heavy atom. The van der Waals surface area contributed by atoms with Gasteiger partial charge in [-0.3, -0.25) is 4.79 Å². The van der Waals surface area contributed by atoms with Crippen molar-refractivity contribution in [1.29, 1.82) is 0 Å². The van der Waals surface area contributed by atoms with Gasteiger partial charge in [0.1, 0.15) is 9.88 Å². The Morgan fingerprint density at radius 3 is 2.73 bits per heavy atom. The molecule has 5 rings (SSSR count). The molecule has 2 aromatic heterocycles. The van der Waals surface area contributed by atoms with Gasteiger partial charge in [0.25, 0.3) is 5.91 Å². The highest BCUT2D eigenvalue weighted by atomic mass is 32.1. The average molecular weight is 435 g/mol. The topological polar surface area (TPSA) is 59.5 Å². The minimum absolute atomic E-state index is 0.0565. The van der Waals surface area contributed by atoms with E-state index in [0.717, 1.165) is 37.8 Å². The molecular weight excluding hydrogens is 416 g/mol. The molecule has 0 saturated heterocycles. The number of para-hydroxylation sites is 2. The molecule has 1 aliphatic heterocycles. The van der Waals surface area contributed by atoms with Crippen molar-refractivity contribution in [1.82, 2.24) is 4.98 Å². The second-order valence-corrected chi connectivity index (χ2v) is 9.29. The largest absolute Gasteiger partial charge is 0.451 e. The molecule has 0 spiro atoms. The van der Waals surface area contributed by atoms with Crippen molar-refractivity contribution in [2.45, 2.75) is 19.4 Å². The number of nitrogens with zero attached hydrogens (tertiary/aromatic N) is 2. The van der Waals surface area contributed by atoms with E-state index in [2.05, 4.69) is 4.98 Å². The van der Waals surface area contributed by atoms with Gasteiger partial charge in [0.05, 0.1) is 15.1 Å². The minimum atomic E-state index is -0.485. The molecule has 0 N–H and O–H groups in total. The molecule has 150 valence electrons. The summed E-state index contributed by atoms with van der Waals surface area (Å²) in [6, 6.07) is 19.5. The summed E-state index contributed by atoms with van der Waals surface area (Å²) in [5.41, 5.74) is 2.99. The van der Waals surface area contributed by atoms with E-state index in [1.54, 1.807) is 22.3 Å². The average Bonchev–Trinajstić information content (AvgIpc) is 3.47. The number of aromatic nitrogens is 1. The maximum Gasteiger partial charge on any atom is 0.348 e. The van der Waals surface area contributed by atoms with Crippen molar-refractivity contribution in [3.8, 4) is 9.88 Å². The molecule has 7 heteroatoms. The summed E-state index contributed by atoms with van der Waals surface area (Å²) < 4.78 is 6.44. The molecule has 0 radical (unpaired) electrons. The van der Waals surface area contributed by atoms with E-state index in [1.165, 1.54) is 11.3 Å².